The maximum atomic E-state index is 8.59. The zero-order valence-electron chi connectivity index (χ0n) is 9.02. The summed E-state index contributed by atoms with van der Waals surface area (Å²) in [5, 5.41) is 11.9. The molecule has 0 saturated carbocycles. The first-order valence-electron chi connectivity index (χ1n) is 5.50. The van der Waals surface area contributed by atoms with Crippen LogP contribution in [0.2, 0.25) is 0 Å². The summed E-state index contributed by atoms with van der Waals surface area (Å²) in [5.74, 6) is 0. The summed E-state index contributed by atoms with van der Waals surface area (Å²) in [5.41, 5.74) is 1.03. The lowest BCUT2D eigenvalue weighted by Crippen LogP contribution is -2.15. The Hall–Kier alpha value is -1.00. The molecule has 0 radical (unpaired) electrons. The standard InChI is InChI=1S/C11H19N3O/c15-8-4-2-1-3-6-12-9-11-5-7-13-10-14-11/h5,7,10,12,15H,1-4,6,8-9H2. The average molecular weight is 209 g/mol. The Labute approximate surface area is 90.8 Å². The van der Waals surface area contributed by atoms with E-state index in [9.17, 15) is 0 Å². The van der Waals surface area contributed by atoms with Gasteiger partial charge in [0.25, 0.3) is 0 Å². The highest BCUT2D eigenvalue weighted by Gasteiger charge is 1.92. The zero-order chi connectivity index (χ0) is 10.8. The van der Waals surface area contributed by atoms with Crippen LogP contribution in [0.1, 0.15) is 31.4 Å². The number of unbranched alkanes of at least 4 members (excludes halogenated alkanes) is 3. The van der Waals surface area contributed by atoms with Gasteiger partial charge < -0.3 is 10.4 Å². The molecule has 0 saturated heterocycles. The van der Waals surface area contributed by atoms with Crippen LogP contribution in [0.3, 0.4) is 0 Å². The third-order valence-corrected chi connectivity index (χ3v) is 2.21. The molecule has 0 amide bonds. The molecular weight excluding hydrogens is 190 g/mol. The van der Waals surface area contributed by atoms with Crippen LogP contribution in [0, 0.1) is 0 Å². The second-order valence-electron chi connectivity index (χ2n) is 3.52. The van der Waals surface area contributed by atoms with Crippen molar-refractivity contribution in [1.82, 2.24) is 15.3 Å². The van der Waals surface area contributed by atoms with Crippen molar-refractivity contribution in [3.05, 3.63) is 24.3 Å². The maximum Gasteiger partial charge on any atom is 0.115 e. The van der Waals surface area contributed by atoms with Crippen LogP contribution in [-0.2, 0) is 6.54 Å². The first-order chi connectivity index (χ1) is 7.43. The van der Waals surface area contributed by atoms with E-state index in [0.29, 0.717) is 6.61 Å². The number of nitrogens with zero attached hydrogens (tertiary/aromatic N) is 2. The van der Waals surface area contributed by atoms with Crippen LogP contribution in [-0.4, -0.2) is 28.2 Å². The van der Waals surface area contributed by atoms with Gasteiger partial charge in [0.05, 0.1) is 5.69 Å². The van der Waals surface area contributed by atoms with Gasteiger partial charge in [0, 0.05) is 19.3 Å². The average Bonchev–Trinajstić information content (AvgIpc) is 2.29. The van der Waals surface area contributed by atoms with Gasteiger partial charge in [-0.25, -0.2) is 9.97 Å². The van der Waals surface area contributed by atoms with E-state index >= 15 is 0 Å². The van der Waals surface area contributed by atoms with Crippen LogP contribution in [0.4, 0.5) is 0 Å². The Morgan fingerprint density at radius 1 is 1.20 bits per heavy atom. The van der Waals surface area contributed by atoms with E-state index in [1.54, 1.807) is 12.5 Å². The van der Waals surface area contributed by atoms with Gasteiger partial charge in [0.15, 0.2) is 0 Å². The highest BCUT2D eigenvalue weighted by Crippen LogP contribution is 1.98. The fraction of sp³-hybridized carbons (Fsp3) is 0.636. The summed E-state index contributed by atoms with van der Waals surface area (Å²) in [6.07, 6.45) is 7.70. The van der Waals surface area contributed by atoms with Crippen LogP contribution in [0.5, 0.6) is 0 Å². The lowest BCUT2D eigenvalue weighted by atomic mass is 10.2. The normalized spacial score (nSPS) is 10.5. The molecule has 0 atom stereocenters. The monoisotopic (exact) mass is 209 g/mol. The summed E-state index contributed by atoms with van der Waals surface area (Å²) < 4.78 is 0. The van der Waals surface area contributed by atoms with Gasteiger partial charge in [0.1, 0.15) is 6.33 Å². The molecule has 1 heterocycles. The smallest absolute Gasteiger partial charge is 0.115 e. The van der Waals surface area contributed by atoms with Gasteiger partial charge in [-0.2, -0.15) is 0 Å². The quantitative estimate of drug-likeness (QED) is 0.630. The molecule has 0 unspecified atom stereocenters. The molecule has 4 nitrogen and oxygen atoms in total. The van der Waals surface area contributed by atoms with Crippen molar-refractivity contribution in [3.63, 3.8) is 0 Å². The van der Waals surface area contributed by atoms with Gasteiger partial charge in [0.2, 0.25) is 0 Å². The molecule has 0 aliphatic heterocycles. The predicted molar refractivity (Wildman–Crippen MR) is 59.3 cm³/mol. The largest absolute Gasteiger partial charge is 0.396 e. The van der Waals surface area contributed by atoms with Crippen molar-refractivity contribution in [2.45, 2.75) is 32.2 Å². The molecule has 0 aliphatic carbocycles. The Balaban J connectivity index is 1.93. The summed E-state index contributed by atoms with van der Waals surface area (Å²) in [6, 6.07) is 1.92. The van der Waals surface area contributed by atoms with E-state index in [1.807, 2.05) is 6.07 Å². The number of nitrogens with one attached hydrogen (secondary N) is 1. The van der Waals surface area contributed by atoms with Crippen LogP contribution < -0.4 is 5.32 Å². The Bertz CT molecular complexity index is 241. The first-order valence-corrected chi connectivity index (χ1v) is 5.50. The molecule has 0 aromatic carbocycles. The Morgan fingerprint density at radius 3 is 2.80 bits per heavy atom. The fourth-order valence-corrected chi connectivity index (χ4v) is 1.35. The lowest BCUT2D eigenvalue weighted by molar-refractivity contribution is 0.282. The zero-order valence-corrected chi connectivity index (χ0v) is 9.02. The van der Waals surface area contributed by atoms with Crippen LogP contribution in [0.15, 0.2) is 18.6 Å². The van der Waals surface area contributed by atoms with E-state index in [1.165, 1.54) is 6.42 Å². The minimum absolute atomic E-state index is 0.314. The summed E-state index contributed by atoms with van der Waals surface area (Å²) >= 11 is 0. The molecule has 15 heavy (non-hydrogen) atoms. The third kappa shape index (κ3) is 6.14. The summed E-state index contributed by atoms with van der Waals surface area (Å²) in [6.45, 7) is 2.13. The molecular formula is C11H19N3O. The first kappa shape index (κ1) is 12.1. The molecule has 1 aromatic heterocycles. The summed E-state index contributed by atoms with van der Waals surface area (Å²) in [7, 11) is 0. The minimum Gasteiger partial charge on any atom is -0.396 e. The van der Waals surface area contributed by atoms with E-state index in [4.69, 9.17) is 5.11 Å². The van der Waals surface area contributed by atoms with Crippen LogP contribution in [0.25, 0.3) is 0 Å². The topological polar surface area (TPSA) is 58.0 Å². The van der Waals surface area contributed by atoms with E-state index in [0.717, 1.165) is 38.0 Å². The molecule has 2 N–H and O–H groups in total. The molecule has 1 aromatic rings. The van der Waals surface area contributed by atoms with Crippen molar-refractivity contribution >= 4 is 0 Å². The maximum absolute atomic E-state index is 8.59. The SMILES string of the molecule is OCCCCCCNCc1ccncn1. The van der Waals surface area contributed by atoms with Gasteiger partial charge >= 0.3 is 0 Å². The molecule has 84 valence electrons. The number of hydrogen-bond acceptors (Lipinski definition) is 4. The predicted octanol–water partition coefficient (Wildman–Crippen LogP) is 1.12. The number of aliphatic hydroxyl groups excluding tert-OH is 1. The van der Waals surface area contributed by atoms with E-state index in [-0.39, 0.29) is 0 Å². The number of aliphatic hydroxyl groups is 1. The van der Waals surface area contributed by atoms with Crippen LogP contribution >= 0.6 is 0 Å². The van der Waals surface area contributed by atoms with Crippen molar-refractivity contribution in [2.24, 2.45) is 0 Å². The van der Waals surface area contributed by atoms with Crippen molar-refractivity contribution in [3.8, 4) is 0 Å². The fourth-order valence-electron chi connectivity index (χ4n) is 1.35. The summed E-state index contributed by atoms with van der Waals surface area (Å²) in [4.78, 5) is 7.98. The highest BCUT2D eigenvalue weighted by molar-refractivity contribution is 4.96. The second kappa shape index (κ2) is 8.32. The Morgan fingerprint density at radius 2 is 2.07 bits per heavy atom. The molecule has 0 fully saturated rings. The third-order valence-electron chi connectivity index (χ3n) is 2.21. The lowest BCUT2D eigenvalue weighted by Gasteiger charge is -2.03. The number of hydrogen-bond donors (Lipinski definition) is 2. The van der Waals surface area contributed by atoms with Crippen molar-refractivity contribution in [2.75, 3.05) is 13.2 Å². The van der Waals surface area contributed by atoms with Gasteiger partial charge in [-0.05, 0) is 25.5 Å². The number of rotatable bonds is 8. The van der Waals surface area contributed by atoms with Gasteiger partial charge in [-0.15, -0.1) is 0 Å². The molecule has 0 aliphatic rings. The van der Waals surface area contributed by atoms with Crippen molar-refractivity contribution in [1.29, 1.82) is 0 Å². The molecule has 4 heteroatoms. The molecule has 1 rings (SSSR count). The van der Waals surface area contributed by atoms with E-state index < -0.39 is 0 Å². The van der Waals surface area contributed by atoms with Crippen molar-refractivity contribution < 1.29 is 5.11 Å². The highest BCUT2D eigenvalue weighted by atomic mass is 16.2. The molecule has 0 spiro atoms. The second-order valence-corrected chi connectivity index (χ2v) is 3.52. The Kier molecular flexibility index (Phi) is 6.70. The van der Waals surface area contributed by atoms with Gasteiger partial charge in [-0.3, -0.25) is 0 Å². The van der Waals surface area contributed by atoms with E-state index in [2.05, 4.69) is 15.3 Å². The number of aromatic nitrogens is 2. The van der Waals surface area contributed by atoms with Gasteiger partial charge in [-0.1, -0.05) is 12.8 Å². The minimum atomic E-state index is 0.314. The molecule has 0 bridgehead atoms.